The Balaban J connectivity index is 2.46. The molecule has 0 bridgehead atoms. The van der Waals surface area contributed by atoms with Crippen LogP contribution in [0.2, 0.25) is 0 Å². The maximum atomic E-state index is 6.03. The fourth-order valence-corrected chi connectivity index (χ4v) is 2.11. The summed E-state index contributed by atoms with van der Waals surface area (Å²) in [6.45, 7) is 5.99. The third-order valence-corrected chi connectivity index (χ3v) is 2.82. The van der Waals surface area contributed by atoms with E-state index in [0.717, 1.165) is 44.1 Å². The Hall–Kier alpha value is -0.310. The standard InChI is InChI=1S/C12H21ClN2/c1-2-7-15(8-6-14)10-11-4-3-5-12(13)9-11/h4,9H,2-3,5-8,10,14H2,1H3. The van der Waals surface area contributed by atoms with Crippen LogP contribution < -0.4 is 5.73 Å². The number of allylic oxidation sites excluding steroid dienone is 2. The van der Waals surface area contributed by atoms with E-state index in [0.29, 0.717) is 0 Å². The average molecular weight is 229 g/mol. The van der Waals surface area contributed by atoms with Crippen LogP contribution in [0.25, 0.3) is 0 Å². The maximum Gasteiger partial charge on any atom is 0.0231 e. The van der Waals surface area contributed by atoms with E-state index in [1.54, 1.807) is 0 Å². The Bertz CT molecular complexity index is 240. The zero-order valence-corrected chi connectivity index (χ0v) is 10.3. The van der Waals surface area contributed by atoms with E-state index in [1.807, 2.05) is 0 Å². The van der Waals surface area contributed by atoms with Gasteiger partial charge in [-0.15, -0.1) is 0 Å². The highest BCUT2D eigenvalue weighted by atomic mass is 35.5. The van der Waals surface area contributed by atoms with Crippen LogP contribution in [0.15, 0.2) is 22.8 Å². The molecule has 0 aliphatic heterocycles. The predicted molar refractivity (Wildman–Crippen MR) is 67.0 cm³/mol. The Kier molecular flexibility index (Phi) is 5.99. The van der Waals surface area contributed by atoms with E-state index in [4.69, 9.17) is 17.3 Å². The van der Waals surface area contributed by atoms with Gasteiger partial charge in [-0.2, -0.15) is 0 Å². The van der Waals surface area contributed by atoms with Crippen molar-refractivity contribution in [3.05, 3.63) is 22.8 Å². The number of hydrogen-bond donors (Lipinski definition) is 1. The van der Waals surface area contributed by atoms with E-state index in [-0.39, 0.29) is 0 Å². The fraction of sp³-hybridized carbons (Fsp3) is 0.667. The summed E-state index contributed by atoms with van der Waals surface area (Å²) in [5.41, 5.74) is 6.93. The van der Waals surface area contributed by atoms with E-state index < -0.39 is 0 Å². The fourth-order valence-electron chi connectivity index (χ4n) is 1.86. The van der Waals surface area contributed by atoms with Gasteiger partial charge in [0.25, 0.3) is 0 Å². The van der Waals surface area contributed by atoms with Crippen molar-refractivity contribution in [2.45, 2.75) is 26.2 Å². The van der Waals surface area contributed by atoms with E-state index in [9.17, 15) is 0 Å². The molecule has 0 radical (unpaired) electrons. The Labute approximate surface area is 97.8 Å². The lowest BCUT2D eigenvalue weighted by molar-refractivity contribution is 0.306. The highest BCUT2D eigenvalue weighted by Crippen LogP contribution is 2.20. The van der Waals surface area contributed by atoms with Gasteiger partial charge in [0.2, 0.25) is 0 Å². The van der Waals surface area contributed by atoms with Gasteiger partial charge in [-0.25, -0.2) is 0 Å². The van der Waals surface area contributed by atoms with Crippen LogP contribution in [0.1, 0.15) is 26.2 Å². The first-order valence-electron chi connectivity index (χ1n) is 5.73. The van der Waals surface area contributed by atoms with Gasteiger partial charge in [0, 0.05) is 24.7 Å². The van der Waals surface area contributed by atoms with Crippen molar-refractivity contribution < 1.29 is 0 Å². The van der Waals surface area contributed by atoms with Gasteiger partial charge in [0.1, 0.15) is 0 Å². The monoisotopic (exact) mass is 228 g/mol. The van der Waals surface area contributed by atoms with Crippen molar-refractivity contribution in [1.82, 2.24) is 4.90 Å². The molecule has 86 valence electrons. The van der Waals surface area contributed by atoms with Gasteiger partial charge in [-0.05, 0) is 37.5 Å². The zero-order chi connectivity index (χ0) is 11.1. The molecule has 0 amide bonds. The van der Waals surface area contributed by atoms with E-state index in [2.05, 4.69) is 24.0 Å². The Morgan fingerprint density at radius 1 is 1.47 bits per heavy atom. The minimum absolute atomic E-state index is 0.727. The molecule has 1 aliphatic rings. The molecule has 0 unspecified atom stereocenters. The smallest absolute Gasteiger partial charge is 0.0231 e. The number of nitrogens with zero attached hydrogens (tertiary/aromatic N) is 1. The molecule has 2 N–H and O–H groups in total. The minimum atomic E-state index is 0.727. The number of nitrogens with two attached hydrogens (primary N) is 1. The summed E-state index contributed by atoms with van der Waals surface area (Å²) < 4.78 is 0. The van der Waals surface area contributed by atoms with Gasteiger partial charge in [0.15, 0.2) is 0 Å². The summed E-state index contributed by atoms with van der Waals surface area (Å²) in [5.74, 6) is 0. The first kappa shape index (κ1) is 12.8. The molecule has 1 aliphatic carbocycles. The SMILES string of the molecule is CCCN(CCN)CC1=CCCC(Cl)=C1. The van der Waals surface area contributed by atoms with Crippen molar-refractivity contribution in [1.29, 1.82) is 0 Å². The molecular formula is C12H21ClN2. The van der Waals surface area contributed by atoms with Crippen molar-refractivity contribution in [2.75, 3.05) is 26.2 Å². The van der Waals surface area contributed by atoms with Crippen LogP contribution in [0.5, 0.6) is 0 Å². The second kappa shape index (κ2) is 7.04. The molecule has 0 spiro atoms. The van der Waals surface area contributed by atoms with Crippen LogP contribution >= 0.6 is 11.6 Å². The van der Waals surface area contributed by atoms with Crippen molar-refractivity contribution >= 4 is 11.6 Å². The summed E-state index contributed by atoms with van der Waals surface area (Å²) >= 11 is 6.03. The summed E-state index contributed by atoms with van der Waals surface area (Å²) in [5, 5.41) is 0.983. The molecule has 0 saturated heterocycles. The average Bonchev–Trinajstić information content (AvgIpc) is 2.18. The Morgan fingerprint density at radius 3 is 2.87 bits per heavy atom. The van der Waals surface area contributed by atoms with Gasteiger partial charge < -0.3 is 5.73 Å². The Morgan fingerprint density at radius 2 is 2.27 bits per heavy atom. The highest BCUT2D eigenvalue weighted by Gasteiger charge is 2.08. The summed E-state index contributed by atoms with van der Waals surface area (Å²) in [6, 6.07) is 0. The second-order valence-electron chi connectivity index (χ2n) is 3.97. The molecule has 3 heteroatoms. The summed E-state index contributed by atoms with van der Waals surface area (Å²) in [6.07, 6.45) is 7.63. The van der Waals surface area contributed by atoms with Crippen LogP contribution in [0, 0.1) is 0 Å². The molecule has 0 fully saturated rings. The first-order valence-corrected chi connectivity index (χ1v) is 6.11. The van der Waals surface area contributed by atoms with E-state index >= 15 is 0 Å². The molecule has 1 rings (SSSR count). The van der Waals surface area contributed by atoms with Crippen molar-refractivity contribution in [3.63, 3.8) is 0 Å². The first-order chi connectivity index (χ1) is 7.26. The molecule has 15 heavy (non-hydrogen) atoms. The van der Waals surface area contributed by atoms with Crippen LogP contribution in [0.4, 0.5) is 0 Å². The molecule has 2 nitrogen and oxygen atoms in total. The third-order valence-electron chi connectivity index (χ3n) is 2.52. The van der Waals surface area contributed by atoms with Gasteiger partial charge in [-0.3, -0.25) is 4.90 Å². The lowest BCUT2D eigenvalue weighted by Crippen LogP contribution is -2.32. The van der Waals surface area contributed by atoms with E-state index in [1.165, 1.54) is 12.0 Å². The molecular weight excluding hydrogens is 208 g/mol. The quantitative estimate of drug-likeness (QED) is 0.757. The topological polar surface area (TPSA) is 29.3 Å². The molecule has 0 atom stereocenters. The highest BCUT2D eigenvalue weighted by molar-refractivity contribution is 6.29. The third kappa shape index (κ3) is 4.83. The van der Waals surface area contributed by atoms with Crippen LogP contribution in [-0.4, -0.2) is 31.1 Å². The molecule has 0 aromatic carbocycles. The second-order valence-corrected chi connectivity index (χ2v) is 4.46. The maximum absolute atomic E-state index is 6.03. The van der Waals surface area contributed by atoms with Gasteiger partial charge in [-0.1, -0.05) is 24.6 Å². The molecule has 0 aromatic heterocycles. The summed E-state index contributed by atoms with van der Waals surface area (Å²) in [4.78, 5) is 2.39. The molecule has 0 heterocycles. The van der Waals surface area contributed by atoms with Gasteiger partial charge >= 0.3 is 0 Å². The minimum Gasteiger partial charge on any atom is -0.329 e. The molecule has 0 aromatic rings. The normalized spacial score (nSPS) is 16.5. The number of halogens is 1. The number of hydrogen-bond acceptors (Lipinski definition) is 2. The van der Waals surface area contributed by atoms with Crippen LogP contribution in [0.3, 0.4) is 0 Å². The van der Waals surface area contributed by atoms with Gasteiger partial charge in [0.05, 0.1) is 0 Å². The zero-order valence-electron chi connectivity index (χ0n) is 9.51. The predicted octanol–water partition coefficient (Wildman–Crippen LogP) is 2.50. The lowest BCUT2D eigenvalue weighted by atomic mass is 10.1. The van der Waals surface area contributed by atoms with Crippen molar-refractivity contribution in [3.8, 4) is 0 Å². The summed E-state index contributed by atoms with van der Waals surface area (Å²) in [7, 11) is 0. The van der Waals surface area contributed by atoms with Crippen molar-refractivity contribution in [2.24, 2.45) is 5.73 Å². The number of rotatable bonds is 6. The molecule has 0 saturated carbocycles. The lowest BCUT2D eigenvalue weighted by Gasteiger charge is -2.22. The van der Waals surface area contributed by atoms with Crippen LogP contribution in [-0.2, 0) is 0 Å². The largest absolute Gasteiger partial charge is 0.329 e.